The van der Waals surface area contributed by atoms with Crippen molar-refractivity contribution in [3.63, 3.8) is 0 Å². The Hall–Kier alpha value is -1.43. The standard InChI is InChI=1S/C12H17NO4S/c1-3-5-12(10(14)15,11(16)17-4-2)6-9-7-18-8-13-9/h7-8H,3-6H2,1-2H3,(H,14,15). The Kier molecular flexibility index (Phi) is 5.27. The third-order valence-electron chi connectivity index (χ3n) is 2.72. The van der Waals surface area contributed by atoms with Crippen LogP contribution in [0.15, 0.2) is 10.9 Å². The van der Waals surface area contributed by atoms with E-state index in [-0.39, 0.29) is 19.4 Å². The first-order valence-electron chi connectivity index (χ1n) is 5.84. The average Bonchev–Trinajstić information content (AvgIpc) is 2.81. The predicted octanol–water partition coefficient (Wildman–Crippen LogP) is 2.12. The summed E-state index contributed by atoms with van der Waals surface area (Å²) < 4.78 is 4.93. The van der Waals surface area contributed by atoms with E-state index in [0.29, 0.717) is 12.1 Å². The van der Waals surface area contributed by atoms with Crippen LogP contribution in [-0.4, -0.2) is 28.6 Å². The van der Waals surface area contributed by atoms with E-state index in [1.807, 2.05) is 6.92 Å². The zero-order chi connectivity index (χ0) is 13.6. The van der Waals surface area contributed by atoms with Gasteiger partial charge in [0.05, 0.1) is 17.8 Å². The number of nitrogens with zero attached hydrogens (tertiary/aromatic N) is 1. The van der Waals surface area contributed by atoms with Gasteiger partial charge in [0.1, 0.15) is 0 Å². The van der Waals surface area contributed by atoms with Gasteiger partial charge in [-0.25, -0.2) is 4.98 Å². The van der Waals surface area contributed by atoms with Gasteiger partial charge < -0.3 is 9.84 Å². The molecule has 0 saturated carbocycles. The molecule has 6 heteroatoms. The van der Waals surface area contributed by atoms with Crippen molar-refractivity contribution in [2.45, 2.75) is 33.1 Å². The molecule has 1 unspecified atom stereocenters. The van der Waals surface area contributed by atoms with Gasteiger partial charge in [-0.3, -0.25) is 9.59 Å². The first-order chi connectivity index (χ1) is 8.56. The van der Waals surface area contributed by atoms with Gasteiger partial charge in [0.25, 0.3) is 0 Å². The average molecular weight is 271 g/mol. The van der Waals surface area contributed by atoms with Crippen LogP contribution >= 0.6 is 11.3 Å². The van der Waals surface area contributed by atoms with Crippen molar-refractivity contribution < 1.29 is 19.4 Å². The summed E-state index contributed by atoms with van der Waals surface area (Å²) in [6.07, 6.45) is 0.923. The molecule has 1 heterocycles. The van der Waals surface area contributed by atoms with Crippen LogP contribution in [0.3, 0.4) is 0 Å². The third-order valence-corrected chi connectivity index (χ3v) is 3.35. The maximum absolute atomic E-state index is 12.0. The summed E-state index contributed by atoms with van der Waals surface area (Å²) in [7, 11) is 0. The summed E-state index contributed by atoms with van der Waals surface area (Å²) in [6, 6.07) is 0. The summed E-state index contributed by atoms with van der Waals surface area (Å²) in [4.78, 5) is 27.6. The first kappa shape index (κ1) is 14.6. The van der Waals surface area contributed by atoms with E-state index in [0.717, 1.165) is 0 Å². The fourth-order valence-corrected chi connectivity index (χ4v) is 2.42. The molecular weight excluding hydrogens is 254 g/mol. The number of aliphatic carboxylic acids is 1. The Labute approximate surface area is 110 Å². The molecule has 0 aliphatic heterocycles. The van der Waals surface area contributed by atoms with Gasteiger partial charge in [-0.1, -0.05) is 13.3 Å². The minimum absolute atomic E-state index is 0.0819. The molecule has 0 fully saturated rings. The molecular formula is C12H17NO4S. The molecule has 0 spiro atoms. The number of aromatic nitrogens is 1. The van der Waals surface area contributed by atoms with Gasteiger partial charge in [-0.15, -0.1) is 11.3 Å². The van der Waals surface area contributed by atoms with Gasteiger partial charge in [-0.05, 0) is 13.3 Å². The fraction of sp³-hybridized carbons (Fsp3) is 0.583. The molecule has 1 N–H and O–H groups in total. The maximum Gasteiger partial charge on any atom is 0.323 e. The van der Waals surface area contributed by atoms with Crippen LogP contribution in [0.25, 0.3) is 0 Å². The molecule has 0 aromatic carbocycles. The van der Waals surface area contributed by atoms with Crippen LogP contribution in [0.1, 0.15) is 32.4 Å². The van der Waals surface area contributed by atoms with Gasteiger partial charge in [-0.2, -0.15) is 0 Å². The Morgan fingerprint density at radius 1 is 1.50 bits per heavy atom. The predicted molar refractivity (Wildman–Crippen MR) is 67.4 cm³/mol. The van der Waals surface area contributed by atoms with Crippen LogP contribution in [0, 0.1) is 5.41 Å². The lowest BCUT2D eigenvalue weighted by Crippen LogP contribution is -2.42. The summed E-state index contributed by atoms with van der Waals surface area (Å²) in [6.45, 7) is 3.69. The second-order valence-corrected chi connectivity index (χ2v) is 4.73. The molecule has 1 aromatic heterocycles. The highest BCUT2D eigenvalue weighted by Crippen LogP contribution is 2.31. The van der Waals surface area contributed by atoms with Crippen molar-refractivity contribution in [2.75, 3.05) is 6.61 Å². The van der Waals surface area contributed by atoms with Crippen molar-refractivity contribution in [3.8, 4) is 0 Å². The van der Waals surface area contributed by atoms with Crippen molar-refractivity contribution in [1.82, 2.24) is 4.98 Å². The lowest BCUT2D eigenvalue weighted by Gasteiger charge is -2.25. The Morgan fingerprint density at radius 2 is 2.22 bits per heavy atom. The van der Waals surface area contributed by atoms with Crippen LogP contribution < -0.4 is 0 Å². The number of carbonyl (C=O) groups excluding carboxylic acids is 1. The number of carbonyl (C=O) groups is 2. The van der Waals surface area contributed by atoms with Crippen molar-refractivity contribution in [3.05, 3.63) is 16.6 Å². The highest BCUT2D eigenvalue weighted by atomic mass is 32.1. The quantitative estimate of drug-likeness (QED) is 0.607. The smallest absolute Gasteiger partial charge is 0.323 e. The lowest BCUT2D eigenvalue weighted by atomic mass is 9.79. The van der Waals surface area contributed by atoms with E-state index in [2.05, 4.69) is 4.98 Å². The Morgan fingerprint density at radius 3 is 2.67 bits per heavy atom. The normalized spacial score (nSPS) is 13.9. The number of carboxylic acid groups (broad SMARTS) is 1. The highest BCUT2D eigenvalue weighted by molar-refractivity contribution is 7.07. The third kappa shape index (κ3) is 3.07. The highest BCUT2D eigenvalue weighted by Gasteiger charge is 2.47. The van der Waals surface area contributed by atoms with Crippen molar-refractivity contribution in [1.29, 1.82) is 0 Å². The summed E-state index contributed by atoms with van der Waals surface area (Å²) >= 11 is 1.38. The van der Waals surface area contributed by atoms with E-state index in [1.165, 1.54) is 11.3 Å². The number of ether oxygens (including phenoxy) is 1. The minimum Gasteiger partial charge on any atom is -0.480 e. The zero-order valence-corrected chi connectivity index (χ0v) is 11.3. The molecule has 0 saturated heterocycles. The van der Waals surface area contributed by atoms with E-state index in [9.17, 15) is 14.7 Å². The van der Waals surface area contributed by atoms with Crippen LogP contribution in [0.4, 0.5) is 0 Å². The Balaban J connectivity index is 3.04. The van der Waals surface area contributed by atoms with Crippen LogP contribution in [0.2, 0.25) is 0 Å². The number of rotatable bonds is 7. The largest absolute Gasteiger partial charge is 0.480 e. The minimum atomic E-state index is -1.52. The molecule has 0 amide bonds. The van der Waals surface area contributed by atoms with E-state index < -0.39 is 17.4 Å². The summed E-state index contributed by atoms with van der Waals surface area (Å²) in [5, 5.41) is 11.2. The van der Waals surface area contributed by atoms with E-state index >= 15 is 0 Å². The number of esters is 1. The second-order valence-electron chi connectivity index (χ2n) is 4.01. The van der Waals surface area contributed by atoms with Crippen molar-refractivity contribution >= 4 is 23.3 Å². The summed E-state index contributed by atoms with van der Waals surface area (Å²) in [5.74, 6) is -1.82. The molecule has 1 rings (SSSR count). The summed E-state index contributed by atoms with van der Waals surface area (Å²) in [5.41, 5.74) is 0.724. The fourth-order valence-electron chi connectivity index (χ4n) is 1.86. The molecule has 0 aliphatic rings. The van der Waals surface area contributed by atoms with Gasteiger partial charge >= 0.3 is 11.9 Å². The van der Waals surface area contributed by atoms with Crippen LogP contribution in [-0.2, 0) is 20.7 Å². The lowest BCUT2D eigenvalue weighted by molar-refractivity contribution is -0.169. The number of hydrogen-bond donors (Lipinski definition) is 1. The number of carboxylic acids is 1. The molecule has 18 heavy (non-hydrogen) atoms. The van der Waals surface area contributed by atoms with Gasteiger partial charge in [0, 0.05) is 11.8 Å². The molecule has 0 bridgehead atoms. The zero-order valence-electron chi connectivity index (χ0n) is 10.5. The first-order valence-corrected chi connectivity index (χ1v) is 6.78. The van der Waals surface area contributed by atoms with E-state index in [1.54, 1.807) is 17.8 Å². The van der Waals surface area contributed by atoms with Crippen molar-refractivity contribution in [2.24, 2.45) is 5.41 Å². The number of thiazole rings is 1. The second kappa shape index (κ2) is 6.49. The molecule has 100 valence electrons. The molecule has 0 radical (unpaired) electrons. The van der Waals surface area contributed by atoms with Gasteiger partial charge in [0.2, 0.25) is 0 Å². The maximum atomic E-state index is 12.0. The SMILES string of the molecule is CCCC(Cc1cscn1)(C(=O)O)C(=O)OCC. The topological polar surface area (TPSA) is 76.5 Å². The molecule has 5 nitrogen and oxygen atoms in total. The van der Waals surface area contributed by atoms with E-state index in [4.69, 9.17) is 4.74 Å². The Bertz CT molecular complexity index is 404. The molecule has 0 aliphatic carbocycles. The molecule has 1 atom stereocenters. The number of hydrogen-bond acceptors (Lipinski definition) is 5. The van der Waals surface area contributed by atoms with Crippen LogP contribution in [0.5, 0.6) is 0 Å². The monoisotopic (exact) mass is 271 g/mol. The molecule has 1 aromatic rings. The van der Waals surface area contributed by atoms with Gasteiger partial charge in [0.15, 0.2) is 5.41 Å².